The summed E-state index contributed by atoms with van der Waals surface area (Å²) < 4.78 is 0. The Kier molecular flexibility index (Phi) is 3.07. The number of hydrogen-bond acceptors (Lipinski definition) is 6. The number of rotatable bonds is 3. The molecule has 2 aromatic heterocycles. The standard InChI is InChI=1S/C14H11N5O2/c15-13-6-5-12(19(20)21)14(18-13)17-10-3-4-11-9(8-10)2-1-7-16-11/h1-8H,(H3,15,17,18). The fraction of sp³-hybridized carbons (Fsp3) is 0. The molecule has 7 nitrogen and oxygen atoms in total. The van der Waals surface area contributed by atoms with E-state index < -0.39 is 4.92 Å². The maximum Gasteiger partial charge on any atom is 0.311 e. The van der Waals surface area contributed by atoms with Crippen LogP contribution in [-0.4, -0.2) is 14.9 Å². The zero-order valence-electron chi connectivity index (χ0n) is 10.9. The van der Waals surface area contributed by atoms with E-state index in [4.69, 9.17) is 5.73 Å². The first-order valence-corrected chi connectivity index (χ1v) is 6.16. The number of hydrogen-bond donors (Lipinski definition) is 2. The van der Waals surface area contributed by atoms with Crippen molar-refractivity contribution in [1.82, 2.24) is 9.97 Å². The lowest BCUT2D eigenvalue weighted by atomic mass is 10.2. The van der Waals surface area contributed by atoms with Gasteiger partial charge in [-0.1, -0.05) is 6.07 Å². The molecule has 3 aromatic rings. The minimum atomic E-state index is -0.503. The molecule has 0 aliphatic heterocycles. The van der Waals surface area contributed by atoms with Crippen molar-refractivity contribution >= 4 is 33.9 Å². The molecule has 7 heteroatoms. The predicted molar refractivity (Wildman–Crippen MR) is 80.3 cm³/mol. The lowest BCUT2D eigenvalue weighted by Crippen LogP contribution is -2.02. The highest BCUT2D eigenvalue weighted by molar-refractivity contribution is 5.83. The van der Waals surface area contributed by atoms with Gasteiger partial charge in [0.05, 0.1) is 10.4 Å². The van der Waals surface area contributed by atoms with E-state index >= 15 is 0 Å². The van der Waals surface area contributed by atoms with Crippen LogP contribution in [0.25, 0.3) is 10.9 Å². The molecule has 0 bridgehead atoms. The Morgan fingerprint density at radius 2 is 2.05 bits per heavy atom. The number of nitrogens with one attached hydrogen (secondary N) is 1. The molecule has 1 aromatic carbocycles. The molecule has 0 unspecified atom stereocenters. The van der Waals surface area contributed by atoms with Crippen molar-refractivity contribution in [2.75, 3.05) is 11.1 Å². The largest absolute Gasteiger partial charge is 0.384 e. The molecule has 21 heavy (non-hydrogen) atoms. The van der Waals surface area contributed by atoms with Crippen LogP contribution in [0.2, 0.25) is 0 Å². The van der Waals surface area contributed by atoms with Crippen LogP contribution < -0.4 is 11.1 Å². The van der Waals surface area contributed by atoms with E-state index in [2.05, 4.69) is 15.3 Å². The molecule has 0 amide bonds. The highest BCUT2D eigenvalue weighted by Crippen LogP contribution is 2.27. The normalized spacial score (nSPS) is 10.5. The van der Waals surface area contributed by atoms with Gasteiger partial charge in [-0.05, 0) is 30.3 Å². The molecule has 0 fully saturated rings. The quantitative estimate of drug-likeness (QED) is 0.564. The number of nitrogen functional groups attached to an aromatic ring is 1. The molecule has 0 aliphatic rings. The van der Waals surface area contributed by atoms with Gasteiger partial charge in [0, 0.05) is 23.3 Å². The van der Waals surface area contributed by atoms with Crippen LogP contribution in [-0.2, 0) is 0 Å². The van der Waals surface area contributed by atoms with Crippen molar-refractivity contribution in [2.45, 2.75) is 0 Å². The first kappa shape index (κ1) is 12.8. The molecular weight excluding hydrogens is 270 g/mol. The number of nitro groups is 1. The Morgan fingerprint density at radius 1 is 1.19 bits per heavy atom. The van der Waals surface area contributed by atoms with Crippen LogP contribution in [0, 0.1) is 10.1 Å². The fourth-order valence-electron chi connectivity index (χ4n) is 2.00. The van der Waals surface area contributed by atoms with E-state index in [0.29, 0.717) is 5.69 Å². The zero-order chi connectivity index (χ0) is 14.8. The summed E-state index contributed by atoms with van der Waals surface area (Å²) in [6.07, 6.45) is 1.71. The monoisotopic (exact) mass is 281 g/mol. The molecule has 0 aliphatic carbocycles. The van der Waals surface area contributed by atoms with Gasteiger partial charge in [-0.25, -0.2) is 4.98 Å². The molecule has 0 atom stereocenters. The summed E-state index contributed by atoms with van der Waals surface area (Å²) in [6.45, 7) is 0. The predicted octanol–water partition coefficient (Wildman–Crippen LogP) is 2.86. The molecule has 3 rings (SSSR count). The third kappa shape index (κ3) is 2.57. The lowest BCUT2D eigenvalue weighted by molar-refractivity contribution is -0.384. The summed E-state index contributed by atoms with van der Waals surface area (Å²) in [5.74, 6) is 0.328. The van der Waals surface area contributed by atoms with Crippen molar-refractivity contribution < 1.29 is 4.92 Å². The lowest BCUT2D eigenvalue weighted by Gasteiger charge is -2.07. The van der Waals surface area contributed by atoms with Gasteiger partial charge in [-0.3, -0.25) is 15.1 Å². The zero-order valence-corrected chi connectivity index (χ0v) is 10.9. The second-order valence-corrected chi connectivity index (χ2v) is 4.40. The van der Waals surface area contributed by atoms with Crippen molar-refractivity contribution in [3.8, 4) is 0 Å². The van der Waals surface area contributed by atoms with Crippen LogP contribution in [0.4, 0.5) is 23.0 Å². The minimum absolute atomic E-state index is 0.114. The number of fused-ring (bicyclic) bond motifs is 1. The smallest absolute Gasteiger partial charge is 0.311 e. The van der Waals surface area contributed by atoms with Crippen LogP contribution in [0.1, 0.15) is 0 Å². The van der Waals surface area contributed by atoms with Gasteiger partial charge >= 0.3 is 5.69 Å². The fourth-order valence-corrected chi connectivity index (χ4v) is 2.00. The van der Waals surface area contributed by atoms with Gasteiger partial charge in [0.1, 0.15) is 5.82 Å². The number of nitrogens with two attached hydrogens (primary N) is 1. The molecule has 2 heterocycles. The highest BCUT2D eigenvalue weighted by atomic mass is 16.6. The maximum absolute atomic E-state index is 11.0. The van der Waals surface area contributed by atoms with E-state index in [0.717, 1.165) is 10.9 Å². The second kappa shape index (κ2) is 5.04. The number of benzene rings is 1. The topological polar surface area (TPSA) is 107 Å². The summed E-state index contributed by atoms with van der Waals surface area (Å²) in [4.78, 5) is 18.7. The van der Waals surface area contributed by atoms with Crippen LogP contribution in [0.15, 0.2) is 48.7 Å². The van der Waals surface area contributed by atoms with E-state index in [-0.39, 0.29) is 17.3 Å². The molecular formula is C14H11N5O2. The van der Waals surface area contributed by atoms with E-state index in [1.807, 2.05) is 24.3 Å². The number of aromatic nitrogens is 2. The van der Waals surface area contributed by atoms with E-state index in [1.165, 1.54) is 12.1 Å². The van der Waals surface area contributed by atoms with Gasteiger partial charge in [0.2, 0.25) is 5.82 Å². The molecule has 104 valence electrons. The third-order valence-electron chi connectivity index (χ3n) is 2.96. The average Bonchev–Trinajstić information content (AvgIpc) is 2.47. The molecule has 0 saturated carbocycles. The summed E-state index contributed by atoms with van der Waals surface area (Å²) in [5.41, 5.74) is 6.98. The Hall–Kier alpha value is -3.22. The Balaban J connectivity index is 2.02. The Morgan fingerprint density at radius 3 is 2.86 bits per heavy atom. The van der Waals surface area contributed by atoms with Crippen LogP contribution >= 0.6 is 0 Å². The molecule has 0 saturated heterocycles. The summed E-state index contributed by atoms with van der Waals surface area (Å²) in [6, 6.07) is 11.9. The average molecular weight is 281 g/mol. The summed E-state index contributed by atoms with van der Waals surface area (Å²) in [5, 5.41) is 14.9. The molecule has 0 spiro atoms. The van der Waals surface area contributed by atoms with Crippen LogP contribution in [0.5, 0.6) is 0 Å². The van der Waals surface area contributed by atoms with Gasteiger partial charge in [0.15, 0.2) is 0 Å². The van der Waals surface area contributed by atoms with Crippen molar-refractivity contribution in [3.63, 3.8) is 0 Å². The third-order valence-corrected chi connectivity index (χ3v) is 2.96. The SMILES string of the molecule is Nc1ccc([N+](=O)[O-])c(Nc2ccc3ncccc3c2)n1. The minimum Gasteiger partial charge on any atom is -0.384 e. The summed E-state index contributed by atoms with van der Waals surface area (Å²) in [7, 11) is 0. The van der Waals surface area contributed by atoms with Crippen LogP contribution in [0.3, 0.4) is 0 Å². The number of anilines is 3. The van der Waals surface area contributed by atoms with Gasteiger partial charge in [-0.2, -0.15) is 0 Å². The molecule has 3 N–H and O–H groups in total. The Bertz CT molecular complexity index is 834. The summed E-state index contributed by atoms with van der Waals surface area (Å²) >= 11 is 0. The van der Waals surface area contributed by atoms with E-state index in [1.54, 1.807) is 12.3 Å². The Labute approximate surface area is 119 Å². The second-order valence-electron chi connectivity index (χ2n) is 4.40. The van der Waals surface area contributed by atoms with E-state index in [9.17, 15) is 10.1 Å². The molecule has 0 radical (unpaired) electrons. The van der Waals surface area contributed by atoms with Crippen molar-refractivity contribution in [1.29, 1.82) is 0 Å². The van der Waals surface area contributed by atoms with Crippen molar-refractivity contribution in [2.24, 2.45) is 0 Å². The van der Waals surface area contributed by atoms with Gasteiger partial charge in [-0.15, -0.1) is 0 Å². The number of pyridine rings is 2. The first-order chi connectivity index (χ1) is 10.1. The maximum atomic E-state index is 11.0. The first-order valence-electron chi connectivity index (χ1n) is 6.16. The highest BCUT2D eigenvalue weighted by Gasteiger charge is 2.15. The number of nitrogens with zero attached hydrogens (tertiary/aromatic N) is 3. The van der Waals surface area contributed by atoms with Gasteiger partial charge < -0.3 is 11.1 Å². The van der Waals surface area contributed by atoms with Crippen molar-refractivity contribution in [3.05, 3.63) is 58.8 Å². The van der Waals surface area contributed by atoms with Gasteiger partial charge in [0.25, 0.3) is 0 Å².